The van der Waals surface area contributed by atoms with Crippen molar-refractivity contribution in [3.05, 3.63) is 23.8 Å². The first-order chi connectivity index (χ1) is 6.19. The minimum absolute atomic E-state index is 0.0449. The lowest BCUT2D eigenvalue weighted by atomic mass is 10.1. The van der Waals surface area contributed by atoms with Gasteiger partial charge in [-0.3, -0.25) is 0 Å². The van der Waals surface area contributed by atoms with Crippen molar-refractivity contribution in [3.8, 4) is 0 Å². The summed E-state index contributed by atoms with van der Waals surface area (Å²) < 4.78 is 0. The van der Waals surface area contributed by atoms with E-state index in [1.54, 1.807) is 6.07 Å². The van der Waals surface area contributed by atoms with Crippen LogP contribution in [0.25, 0.3) is 0 Å². The summed E-state index contributed by atoms with van der Waals surface area (Å²) in [5.74, 6) is 0. The fraction of sp³-hybridized carbons (Fsp3) is 0.333. The molecule has 0 bridgehead atoms. The lowest BCUT2D eigenvalue weighted by Gasteiger charge is -2.17. The van der Waals surface area contributed by atoms with Gasteiger partial charge in [-0.2, -0.15) is 0 Å². The van der Waals surface area contributed by atoms with Gasteiger partial charge in [-0.25, -0.2) is 0 Å². The normalized spacial score (nSPS) is 10.7. The van der Waals surface area contributed by atoms with E-state index in [0.717, 1.165) is 16.9 Å². The molecule has 13 heavy (non-hydrogen) atoms. The van der Waals surface area contributed by atoms with Gasteiger partial charge in [0.2, 0.25) is 0 Å². The Labute approximate surface area is 78.3 Å². The van der Waals surface area contributed by atoms with Crippen molar-refractivity contribution in [3.63, 3.8) is 0 Å². The van der Waals surface area contributed by atoms with Gasteiger partial charge in [-0.15, -0.1) is 0 Å². The molecule has 4 heteroatoms. The van der Waals surface area contributed by atoms with Gasteiger partial charge >= 0.3 is 0 Å². The molecule has 0 saturated carbocycles. The summed E-state index contributed by atoms with van der Waals surface area (Å²) in [4.78, 5) is 0. The molecule has 6 N–H and O–H groups in total. The third-order valence-corrected chi connectivity index (χ3v) is 2.00. The third-order valence-electron chi connectivity index (χ3n) is 2.00. The van der Waals surface area contributed by atoms with Crippen LogP contribution >= 0.6 is 0 Å². The van der Waals surface area contributed by atoms with E-state index in [1.165, 1.54) is 0 Å². The summed E-state index contributed by atoms with van der Waals surface area (Å²) >= 11 is 0. The molecule has 0 atom stereocenters. The Morgan fingerprint density at radius 3 is 2.31 bits per heavy atom. The molecule has 0 aliphatic rings. The van der Waals surface area contributed by atoms with E-state index in [2.05, 4.69) is 10.6 Å². The Hall–Kier alpha value is -1.26. The molecule has 0 spiro atoms. The number of benzene rings is 1. The van der Waals surface area contributed by atoms with E-state index < -0.39 is 0 Å². The summed E-state index contributed by atoms with van der Waals surface area (Å²) in [6.45, 7) is 0. The first-order valence-corrected chi connectivity index (χ1v) is 4.18. The summed E-state index contributed by atoms with van der Waals surface area (Å²) in [6, 6.07) is 5.47. The topological polar surface area (TPSA) is 76.1 Å². The highest BCUT2D eigenvalue weighted by atomic mass is 15.1. The zero-order valence-electron chi connectivity index (χ0n) is 7.96. The second kappa shape index (κ2) is 4.11. The molecule has 0 heterocycles. The first-order valence-electron chi connectivity index (χ1n) is 4.18. The molecule has 72 valence electrons. The van der Waals surface area contributed by atoms with Crippen LogP contribution in [-0.4, -0.2) is 14.1 Å². The van der Waals surface area contributed by atoms with Crippen molar-refractivity contribution in [2.75, 3.05) is 25.6 Å². The van der Waals surface area contributed by atoms with Gasteiger partial charge in [0.1, 0.15) is 0 Å². The molecule has 0 radical (unpaired) electrons. The maximum atomic E-state index is 5.81. The maximum absolute atomic E-state index is 5.81. The van der Waals surface area contributed by atoms with Crippen molar-refractivity contribution >= 4 is 11.4 Å². The lowest BCUT2D eigenvalue weighted by Crippen LogP contribution is -2.29. The number of nitrogen functional groups attached to an aromatic ring is 2. The number of nitrogens with two attached hydrogens (primary N) is 2. The van der Waals surface area contributed by atoms with Crippen LogP contribution in [0.2, 0.25) is 0 Å². The Bertz CT molecular complexity index is 281. The van der Waals surface area contributed by atoms with E-state index in [4.69, 9.17) is 11.5 Å². The van der Waals surface area contributed by atoms with Crippen LogP contribution in [0.5, 0.6) is 0 Å². The fourth-order valence-electron chi connectivity index (χ4n) is 1.30. The van der Waals surface area contributed by atoms with Crippen LogP contribution in [0.1, 0.15) is 11.7 Å². The van der Waals surface area contributed by atoms with E-state index >= 15 is 0 Å². The number of nitrogens with one attached hydrogen (secondary N) is 2. The van der Waals surface area contributed by atoms with Crippen molar-refractivity contribution in [1.29, 1.82) is 0 Å². The summed E-state index contributed by atoms with van der Waals surface area (Å²) in [5.41, 5.74) is 13.9. The lowest BCUT2D eigenvalue weighted by molar-refractivity contribution is 0.522. The minimum Gasteiger partial charge on any atom is -0.399 e. The monoisotopic (exact) mass is 180 g/mol. The summed E-state index contributed by atoms with van der Waals surface area (Å²) in [7, 11) is 3.73. The molecule has 4 nitrogen and oxygen atoms in total. The molecule has 0 aliphatic heterocycles. The van der Waals surface area contributed by atoms with Gasteiger partial charge in [0.05, 0.1) is 6.17 Å². The highest BCUT2D eigenvalue weighted by Gasteiger charge is 2.09. The van der Waals surface area contributed by atoms with Crippen LogP contribution in [0.4, 0.5) is 11.4 Å². The number of hydrogen-bond acceptors (Lipinski definition) is 4. The highest BCUT2D eigenvalue weighted by molar-refractivity contribution is 5.56. The smallest absolute Gasteiger partial charge is 0.0851 e. The molecule has 0 saturated heterocycles. The molecule has 0 unspecified atom stereocenters. The van der Waals surface area contributed by atoms with Crippen LogP contribution in [-0.2, 0) is 0 Å². The zero-order chi connectivity index (χ0) is 9.84. The zero-order valence-corrected chi connectivity index (χ0v) is 7.96. The predicted molar refractivity (Wildman–Crippen MR) is 56.1 cm³/mol. The van der Waals surface area contributed by atoms with Gasteiger partial charge in [0.25, 0.3) is 0 Å². The predicted octanol–water partition coefficient (Wildman–Crippen LogP) is 0.288. The van der Waals surface area contributed by atoms with E-state index in [0.29, 0.717) is 0 Å². The molecular formula is C9H16N4. The van der Waals surface area contributed by atoms with Crippen LogP contribution in [0, 0.1) is 0 Å². The minimum atomic E-state index is 0.0449. The molecule has 0 aromatic heterocycles. The number of anilines is 2. The molecule has 0 amide bonds. The van der Waals surface area contributed by atoms with Gasteiger partial charge < -0.3 is 22.1 Å². The summed E-state index contributed by atoms with van der Waals surface area (Å²) in [6.07, 6.45) is 0.0449. The van der Waals surface area contributed by atoms with Crippen molar-refractivity contribution < 1.29 is 0 Å². The summed E-state index contributed by atoms with van der Waals surface area (Å²) in [5, 5.41) is 6.18. The second-order valence-corrected chi connectivity index (χ2v) is 2.90. The van der Waals surface area contributed by atoms with Crippen LogP contribution < -0.4 is 22.1 Å². The molecule has 1 rings (SSSR count). The Balaban J connectivity index is 3.03. The SMILES string of the molecule is CNC(NC)c1cc(N)ccc1N. The van der Waals surface area contributed by atoms with Gasteiger partial charge in [0.15, 0.2) is 0 Å². The fourth-order valence-corrected chi connectivity index (χ4v) is 1.30. The van der Waals surface area contributed by atoms with Crippen LogP contribution in [0.15, 0.2) is 18.2 Å². The van der Waals surface area contributed by atoms with Gasteiger partial charge in [-0.05, 0) is 32.3 Å². The maximum Gasteiger partial charge on any atom is 0.0851 e. The van der Waals surface area contributed by atoms with Gasteiger partial charge in [-0.1, -0.05) is 0 Å². The molecule has 1 aromatic rings. The Kier molecular flexibility index (Phi) is 3.11. The van der Waals surface area contributed by atoms with Crippen molar-refractivity contribution in [2.45, 2.75) is 6.17 Å². The number of hydrogen-bond donors (Lipinski definition) is 4. The third kappa shape index (κ3) is 2.11. The quantitative estimate of drug-likeness (QED) is 0.398. The first kappa shape index (κ1) is 9.83. The largest absolute Gasteiger partial charge is 0.399 e. The average molecular weight is 180 g/mol. The second-order valence-electron chi connectivity index (χ2n) is 2.90. The van der Waals surface area contributed by atoms with E-state index in [-0.39, 0.29) is 6.17 Å². The molecular weight excluding hydrogens is 164 g/mol. The highest BCUT2D eigenvalue weighted by Crippen LogP contribution is 2.20. The van der Waals surface area contributed by atoms with E-state index in [9.17, 15) is 0 Å². The molecule has 1 aromatic carbocycles. The Morgan fingerprint density at radius 2 is 1.77 bits per heavy atom. The molecule has 0 fully saturated rings. The van der Waals surface area contributed by atoms with Gasteiger partial charge in [0, 0.05) is 16.9 Å². The van der Waals surface area contributed by atoms with Crippen LogP contribution in [0.3, 0.4) is 0 Å². The standard InChI is InChI=1S/C9H16N4/c1-12-9(13-2)7-5-6(10)3-4-8(7)11/h3-5,9,12-13H,10-11H2,1-2H3. The molecule has 0 aliphatic carbocycles. The van der Waals surface area contributed by atoms with Crippen molar-refractivity contribution in [2.24, 2.45) is 0 Å². The van der Waals surface area contributed by atoms with E-state index in [1.807, 2.05) is 26.2 Å². The Morgan fingerprint density at radius 1 is 1.15 bits per heavy atom. The van der Waals surface area contributed by atoms with Crippen molar-refractivity contribution in [1.82, 2.24) is 10.6 Å². The number of rotatable bonds is 3. The average Bonchev–Trinajstić information content (AvgIpc) is 2.13.